The maximum Gasteiger partial charge on any atom is 0.303 e. The summed E-state index contributed by atoms with van der Waals surface area (Å²) in [5.41, 5.74) is -0.370. The minimum absolute atomic E-state index is 0.0939. The van der Waals surface area contributed by atoms with Crippen LogP contribution < -0.4 is 0 Å². The Bertz CT molecular complexity index is 501. The zero-order valence-electron chi connectivity index (χ0n) is 17.1. The third-order valence-corrected chi connectivity index (χ3v) is 6.19. The summed E-state index contributed by atoms with van der Waals surface area (Å²) in [4.78, 5) is 10.9. The van der Waals surface area contributed by atoms with E-state index in [-0.39, 0.29) is 30.0 Å². The molecule has 0 spiro atoms. The topological polar surface area (TPSA) is 87.0 Å². The van der Waals surface area contributed by atoms with Gasteiger partial charge in [-0.05, 0) is 42.9 Å². The summed E-state index contributed by atoms with van der Waals surface area (Å²) in [5, 5.41) is 29.5. The summed E-state index contributed by atoms with van der Waals surface area (Å²) < 4.78 is 6.06. The standard InChI is InChI=1S/C22H38O5/c1-4-5-6-7-16(23)8-9-18-19-12-17(10-15(19)11-20(18)24)27-14-22(2,3)13-21(25)26/h8-9,15-20,23-24H,4-7,10-14H2,1-3H3,(H,25,26)/t15-,16?,17?,18-,19+,20-/m0/s1. The summed E-state index contributed by atoms with van der Waals surface area (Å²) in [6.07, 6.45) is 10.1. The van der Waals surface area contributed by atoms with Crippen molar-refractivity contribution in [3.8, 4) is 0 Å². The lowest BCUT2D eigenvalue weighted by molar-refractivity contribution is -0.140. The van der Waals surface area contributed by atoms with Crippen LogP contribution in [0.2, 0.25) is 0 Å². The second-order valence-electron chi connectivity index (χ2n) is 9.39. The number of hydrogen-bond donors (Lipinski definition) is 3. The van der Waals surface area contributed by atoms with Gasteiger partial charge in [-0.3, -0.25) is 4.79 Å². The lowest BCUT2D eigenvalue weighted by Gasteiger charge is -2.25. The predicted molar refractivity (Wildman–Crippen MR) is 105 cm³/mol. The van der Waals surface area contributed by atoms with Crippen molar-refractivity contribution in [2.24, 2.45) is 23.2 Å². The van der Waals surface area contributed by atoms with Crippen molar-refractivity contribution < 1.29 is 24.9 Å². The van der Waals surface area contributed by atoms with E-state index in [4.69, 9.17) is 9.84 Å². The number of fused-ring (bicyclic) bond motifs is 1. The van der Waals surface area contributed by atoms with Crippen LogP contribution in [0.25, 0.3) is 0 Å². The highest BCUT2D eigenvalue weighted by atomic mass is 16.5. The minimum Gasteiger partial charge on any atom is -0.481 e. The second kappa shape index (κ2) is 10.0. The van der Waals surface area contributed by atoms with Gasteiger partial charge >= 0.3 is 5.97 Å². The number of hydrogen-bond acceptors (Lipinski definition) is 4. The first-order valence-corrected chi connectivity index (χ1v) is 10.6. The first kappa shape index (κ1) is 22.4. The minimum atomic E-state index is -0.794. The lowest BCUT2D eigenvalue weighted by atomic mass is 9.90. The van der Waals surface area contributed by atoms with E-state index in [1.165, 1.54) is 0 Å². The molecule has 2 aliphatic carbocycles. The predicted octanol–water partition coefficient (Wildman–Crippen LogP) is 3.78. The van der Waals surface area contributed by atoms with Crippen molar-refractivity contribution in [1.29, 1.82) is 0 Å². The van der Waals surface area contributed by atoms with Gasteiger partial charge in [-0.15, -0.1) is 0 Å². The summed E-state index contributed by atoms with van der Waals surface area (Å²) in [5.74, 6) is 0.153. The molecule has 5 nitrogen and oxygen atoms in total. The molecule has 0 radical (unpaired) electrons. The number of carboxylic acids is 1. The molecule has 3 N–H and O–H groups in total. The van der Waals surface area contributed by atoms with Gasteiger partial charge < -0.3 is 20.1 Å². The summed E-state index contributed by atoms with van der Waals surface area (Å²) in [6, 6.07) is 0. The zero-order valence-corrected chi connectivity index (χ0v) is 17.1. The van der Waals surface area contributed by atoms with E-state index in [1.807, 2.05) is 26.0 Å². The lowest BCUT2D eigenvalue weighted by Crippen LogP contribution is -2.27. The molecule has 0 aromatic rings. The second-order valence-corrected chi connectivity index (χ2v) is 9.39. The van der Waals surface area contributed by atoms with Crippen molar-refractivity contribution in [2.75, 3.05) is 6.61 Å². The van der Waals surface area contributed by atoms with E-state index >= 15 is 0 Å². The van der Waals surface area contributed by atoms with Crippen LogP contribution in [0.3, 0.4) is 0 Å². The Balaban J connectivity index is 1.83. The molecular weight excluding hydrogens is 344 g/mol. The monoisotopic (exact) mass is 382 g/mol. The average Bonchev–Trinajstić information content (AvgIpc) is 3.07. The van der Waals surface area contributed by atoms with Gasteiger partial charge in [0.25, 0.3) is 0 Å². The molecular formula is C22H38O5. The highest BCUT2D eigenvalue weighted by molar-refractivity contribution is 5.67. The zero-order chi connectivity index (χ0) is 20.0. The Kier molecular flexibility index (Phi) is 8.32. The van der Waals surface area contributed by atoms with E-state index in [2.05, 4.69) is 6.92 Å². The van der Waals surface area contributed by atoms with Crippen molar-refractivity contribution >= 4 is 5.97 Å². The van der Waals surface area contributed by atoms with Gasteiger partial charge in [0.2, 0.25) is 0 Å². The molecule has 156 valence electrons. The Hall–Kier alpha value is -0.910. The maximum absolute atomic E-state index is 10.9. The van der Waals surface area contributed by atoms with E-state index in [9.17, 15) is 15.0 Å². The largest absolute Gasteiger partial charge is 0.481 e. The fraction of sp³-hybridized carbons (Fsp3) is 0.864. The smallest absolute Gasteiger partial charge is 0.303 e. The Labute approximate surface area is 163 Å². The molecule has 2 fully saturated rings. The molecule has 0 aromatic carbocycles. The summed E-state index contributed by atoms with van der Waals surface area (Å²) >= 11 is 0. The molecule has 0 bridgehead atoms. The van der Waals surface area contributed by atoms with Crippen LogP contribution in [-0.2, 0) is 9.53 Å². The molecule has 2 rings (SSSR count). The van der Waals surface area contributed by atoms with E-state index in [0.29, 0.717) is 18.4 Å². The van der Waals surface area contributed by atoms with Gasteiger partial charge in [-0.2, -0.15) is 0 Å². The van der Waals surface area contributed by atoms with E-state index < -0.39 is 12.1 Å². The van der Waals surface area contributed by atoms with Gasteiger partial charge in [0.1, 0.15) is 0 Å². The fourth-order valence-electron chi connectivity index (χ4n) is 4.77. The quantitative estimate of drug-likeness (QED) is 0.374. The summed E-state index contributed by atoms with van der Waals surface area (Å²) in [7, 11) is 0. The molecule has 0 aromatic heterocycles. The Morgan fingerprint density at radius 1 is 1.26 bits per heavy atom. The number of aliphatic carboxylic acids is 1. The van der Waals surface area contributed by atoms with Gasteiger partial charge in [0.15, 0.2) is 0 Å². The van der Waals surface area contributed by atoms with Gasteiger partial charge in [0, 0.05) is 5.92 Å². The molecule has 2 aliphatic rings. The molecule has 27 heavy (non-hydrogen) atoms. The third kappa shape index (κ3) is 6.88. The first-order chi connectivity index (χ1) is 12.7. The third-order valence-electron chi connectivity index (χ3n) is 6.19. The fourth-order valence-corrected chi connectivity index (χ4v) is 4.77. The Morgan fingerprint density at radius 2 is 2.00 bits per heavy atom. The molecule has 0 saturated heterocycles. The van der Waals surface area contributed by atoms with Gasteiger partial charge in [0.05, 0.1) is 31.3 Å². The molecule has 0 heterocycles. The number of rotatable bonds is 11. The first-order valence-electron chi connectivity index (χ1n) is 10.6. The SMILES string of the molecule is CCCCCC(O)C=C[C@H]1[C@@H]2CC(OCC(C)(C)CC(=O)O)C[C@H]2C[C@@H]1O. The molecule has 5 heteroatoms. The van der Waals surface area contributed by atoms with Crippen LogP contribution in [0.15, 0.2) is 12.2 Å². The van der Waals surface area contributed by atoms with Crippen LogP contribution in [-0.4, -0.2) is 46.2 Å². The van der Waals surface area contributed by atoms with Crippen LogP contribution in [0.4, 0.5) is 0 Å². The molecule has 0 amide bonds. The Morgan fingerprint density at radius 3 is 2.67 bits per heavy atom. The number of ether oxygens (including phenoxy) is 1. The van der Waals surface area contributed by atoms with Crippen molar-refractivity contribution in [1.82, 2.24) is 0 Å². The van der Waals surface area contributed by atoms with Crippen LogP contribution >= 0.6 is 0 Å². The van der Waals surface area contributed by atoms with Gasteiger partial charge in [-0.25, -0.2) is 0 Å². The molecule has 2 saturated carbocycles. The number of aliphatic hydroxyl groups excluding tert-OH is 2. The van der Waals surface area contributed by atoms with E-state index in [0.717, 1.165) is 44.9 Å². The summed E-state index contributed by atoms with van der Waals surface area (Å²) in [6.45, 7) is 6.44. The van der Waals surface area contributed by atoms with Gasteiger partial charge in [-0.1, -0.05) is 52.2 Å². The highest BCUT2D eigenvalue weighted by Crippen LogP contribution is 2.49. The number of unbranched alkanes of at least 4 members (excludes halogenated alkanes) is 2. The maximum atomic E-state index is 10.9. The molecule has 2 unspecified atom stereocenters. The molecule has 0 aliphatic heterocycles. The number of carboxylic acid groups (broad SMARTS) is 1. The average molecular weight is 383 g/mol. The van der Waals surface area contributed by atoms with Crippen molar-refractivity contribution in [2.45, 2.75) is 90.4 Å². The highest BCUT2D eigenvalue weighted by Gasteiger charge is 2.47. The number of aliphatic hydroxyl groups is 2. The van der Waals surface area contributed by atoms with Crippen LogP contribution in [0.1, 0.15) is 72.1 Å². The number of carbonyl (C=O) groups is 1. The van der Waals surface area contributed by atoms with Crippen molar-refractivity contribution in [3.63, 3.8) is 0 Å². The van der Waals surface area contributed by atoms with Crippen LogP contribution in [0, 0.1) is 23.2 Å². The molecule has 6 atom stereocenters. The van der Waals surface area contributed by atoms with E-state index in [1.54, 1.807) is 0 Å². The van der Waals surface area contributed by atoms with Crippen molar-refractivity contribution in [3.05, 3.63) is 12.2 Å². The normalized spacial score (nSPS) is 32.1. The van der Waals surface area contributed by atoms with Crippen LogP contribution in [0.5, 0.6) is 0 Å².